The Morgan fingerprint density at radius 2 is 1.95 bits per heavy atom. The molecule has 110 valence electrons. The van der Waals surface area contributed by atoms with E-state index in [1.807, 2.05) is 0 Å². The number of carboxylic acids is 1. The molecule has 0 saturated carbocycles. The number of benzene rings is 1. The highest BCUT2D eigenvalue weighted by molar-refractivity contribution is 7.15. The molecule has 0 bridgehead atoms. The second-order valence-electron chi connectivity index (χ2n) is 5.86. The highest BCUT2D eigenvalue weighted by Crippen LogP contribution is 2.39. The van der Waals surface area contributed by atoms with E-state index in [1.165, 1.54) is 16.7 Å². The minimum Gasteiger partial charge on any atom is -0.481 e. The number of aromatic nitrogens is 1. The fourth-order valence-electron chi connectivity index (χ4n) is 2.96. The van der Waals surface area contributed by atoms with Gasteiger partial charge >= 0.3 is 5.97 Å². The van der Waals surface area contributed by atoms with Crippen LogP contribution in [-0.2, 0) is 11.2 Å². The smallest absolute Gasteiger partial charge is 0.312 e. The van der Waals surface area contributed by atoms with Gasteiger partial charge < -0.3 is 5.11 Å². The molecule has 1 aromatic carbocycles. The fraction of sp³-hybridized carbons (Fsp3) is 0.412. The van der Waals surface area contributed by atoms with Crippen molar-refractivity contribution >= 4 is 17.3 Å². The summed E-state index contributed by atoms with van der Waals surface area (Å²) in [4.78, 5) is 17.2. The number of hydrogen-bond acceptors (Lipinski definition) is 3. The summed E-state index contributed by atoms with van der Waals surface area (Å²) in [6.07, 6.45) is 2.61. The van der Waals surface area contributed by atoms with Gasteiger partial charge in [0.2, 0.25) is 0 Å². The van der Waals surface area contributed by atoms with Gasteiger partial charge in [-0.05, 0) is 62.8 Å². The third kappa shape index (κ3) is 2.48. The molecule has 3 nitrogen and oxygen atoms in total. The van der Waals surface area contributed by atoms with Crippen LogP contribution in [0.25, 0.3) is 10.6 Å². The van der Waals surface area contributed by atoms with Crippen molar-refractivity contribution in [1.82, 2.24) is 4.98 Å². The standard InChI is InChI=1S/C17H19NO2S/c1-9-7-11(3)13(8-10(9)2)16-18-15-12(17(19)20)5-4-6-14(15)21-16/h7-8,12H,4-6H2,1-3H3,(H,19,20). The van der Waals surface area contributed by atoms with Crippen LogP contribution in [0.4, 0.5) is 0 Å². The summed E-state index contributed by atoms with van der Waals surface area (Å²) in [6, 6.07) is 4.35. The number of rotatable bonds is 2. The van der Waals surface area contributed by atoms with Gasteiger partial charge in [-0.1, -0.05) is 6.07 Å². The lowest BCUT2D eigenvalue weighted by molar-refractivity contribution is -0.139. The van der Waals surface area contributed by atoms with Crippen molar-refractivity contribution in [3.05, 3.63) is 39.4 Å². The summed E-state index contributed by atoms with van der Waals surface area (Å²) in [5, 5.41) is 10.3. The van der Waals surface area contributed by atoms with Gasteiger partial charge in [0.15, 0.2) is 0 Å². The van der Waals surface area contributed by atoms with Crippen molar-refractivity contribution in [2.45, 2.75) is 46.0 Å². The summed E-state index contributed by atoms with van der Waals surface area (Å²) in [5.41, 5.74) is 5.67. The maximum absolute atomic E-state index is 11.4. The molecule has 0 spiro atoms. The summed E-state index contributed by atoms with van der Waals surface area (Å²) in [6.45, 7) is 6.31. The molecule has 1 aliphatic rings. The van der Waals surface area contributed by atoms with E-state index >= 15 is 0 Å². The van der Waals surface area contributed by atoms with Gasteiger partial charge in [0.05, 0.1) is 11.6 Å². The Morgan fingerprint density at radius 1 is 1.24 bits per heavy atom. The van der Waals surface area contributed by atoms with Crippen molar-refractivity contribution in [2.24, 2.45) is 0 Å². The first kappa shape index (κ1) is 14.3. The van der Waals surface area contributed by atoms with E-state index in [2.05, 4.69) is 32.9 Å². The average molecular weight is 301 g/mol. The number of carbonyl (C=O) groups is 1. The van der Waals surface area contributed by atoms with Crippen LogP contribution in [0.3, 0.4) is 0 Å². The van der Waals surface area contributed by atoms with Gasteiger partial charge in [0.25, 0.3) is 0 Å². The second-order valence-corrected chi connectivity index (χ2v) is 6.95. The first-order valence-electron chi connectivity index (χ1n) is 7.28. The summed E-state index contributed by atoms with van der Waals surface area (Å²) >= 11 is 1.66. The van der Waals surface area contributed by atoms with Crippen LogP contribution in [0, 0.1) is 20.8 Å². The van der Waals surface area contributed by atoms with Crippen molar-refractivity contribution in [3.63, 3.8) is 0 Å². The van der Waals surface area contributed by atoms with E-state index in [-0.39, 0.29) is 0 Å². The minimum absolute atomic E-state index is 0.425. The highest BCUT2D eigenvalue weighted by atomic mass is 32.1. The molecule has 2 aromatic rings. The van der Waals surface area contributed by atoms with Gasteiger partial charge in [0, 0.05) is 10.4 Å². The SMILES string of the molecule is Cc1cc(C)c(-c2nc3c(s2)CCCC3C(=O)O)cc1C. The Labute approximate surface area is 128 Å². The Morgan fingerprint density at radius 3 is 2.67 bits per heavy atom. The molecule has 1 unspecified atom stereocenters. The lowest BCUT2D eigenvalue weighted by Crippen LogP contribution is -2.17. The molecule has 0 fully saturated rings. The van der Waals surface area contributed by atoms with E-state index in [0.717, 1.165) is 34.0 Å². The van der Waals surface area contributed by atoms with Gasteiger partial charge in [-0.3, -0.25) is 4.79 Å². The lowest BCUT2D eigenvalue weighted by atomic mass is 9.91. The molecule has 4 heteroatoms. The predicted molar refractivity (Wildman–Crippen MR) is 85.1 cm³/mol. The molecule has 1 heterocycles. The summed E-state index contributed by atoms with van der Waals surface area (Å²) in [5.74, 6) is -1.17. The van der Waals surface area contributed by atoms with E-state index in [1.54, 1.807) is 11.3 Å². The van der Waals surface area contributed by atoms with Crippen LogP contribution in [-0.4, -0.2) is 16.1 Å². The van der Waals surface area contributed by atoms with Crippen LogP contribution in [0.1, 0.15) is 46.0 Å². The number of nitrogens with zero attached hydrogens (tertiary/aromatic N) is 1. The van der Waals surface area contributed by atoms with Crippen LogP contribution >= 0.6 is 11.3 Å². The van der Waals surface area contributed by atoms with Crippen LogP contribution in [0.5, 0.6) is 0 Å². The Bertz CT molecular complexity index is 718. The zero-order valence-electron chi connectivity index (χ0n) is 12.6. The molecule has 0 saturated heterocycles. The molecule has 0 amide bonds. The first-order chi connectivity index (χ1) is 9.97. The predicted octanol–water partition coefficient (Wildman–Crippen LogP) is 4.24. The van der Waals surface area contributed by atoms with E-state index in [4.69, 9.17) is 4.98 Å². The molecule has 1 atom stereocenters. The molecule has 1 aliphatic carbocycles. The zero-order valence-corrected chi connectivity index (χ0v) is 13.4. The molecule has 0 aliphatic heterocycles. The van der Waals surface area contributed by atoms with Crippen LogP contribution in [0.2, 0.25) is 0 Å². The normalized spacial score (nSPS) is 17.6. The number of aryl methyl sites for hydroxylation is 4. The number of hydrogen-bond donors (Lipinski definition) is 1. The lowest BCUT2D eigenvalue weighted by Gasteiger charge is -2.16. The maximum atomic E-state index is 11.4. The zero-order chi connectivity index (χ0) is 15.1. The third-order valence-electron chi connectivity index (χ3n) is 4.32. The fourth-order valence-corrected chi connectivity index (χ4v) is 4.21. The number of fused-ring (bicyclic) bond motifs is 1. The number of thiazole rings is 1. The van der Waals surface area contributed by atoms with Crippen molar-refractivity contribution < 1.29 is 9.90 Å². The van der Waals surface area contributed by atoms with Crippen molar-refractivity contribution in [3.8, 4) is 10.6 Å². The Hall–Kier alpha value is -1.68. The average Bonchev–Trinajstić information content (AvgIpc) is 2.85. The van der Waals surface area contributed by atoms with Gasteiger partial charge in [-0.15, -0.1) is 11.3 Å². The van der Waals surface area contributed by atoms with E-state index < -0.39 is 11.9 Å². The van der Waals surface area contributed by atoms with Gasteiger partial charge in [0.1, 0.15) is 5.01 Å². The molecule has 1 aromatic heterocycles. The van der Waals surface area contributed by atoms with E-state index in [0.29, 0.717) is 6.42 Å². The molecule has 0 radical (unpaired) electrons. The topological polar surface area (TPSA) is 50.2 Å². The van der Waals surface area contributed by atoms with Gasteiger partial charge in [-0.2, -0.15) is 0 Å². The number of carboxylic acid groups (broad SMARTS) is 1. The maximum Gasteiger partial charge on any atom is 0.312 e. The molecular weight excluding hydrogens is 282 g/mol. The van der Waals surface area contributed by atoms with Crippen LogP contribution in [0.15, 0.2) is 12.1 Å². The third-order valence-corrected chi connectivity index (χ3v) is 5.49. The Balaban J connectivity index is 2.10. The van der Waals surface area contributed by atoms with Crippen molar-refractivity contribution in [1.29, 1.82) is 0 Å². The van der Waals surface area contributed by atoms with Crippen LogP contribution < -0.4 is 0 Å². The molecule has 21 heavy (non-hydrogen) atoms. The second kappa shape index (κ2) is 5.26. The molecule has 1 N–H and O–H groups in total. The van der Waals surface area contributed by atoms with Gasteiger partial charge in [-0.25, -0.2) is 4.98 Å². The molecule has 3 rings (SSSR count). The minimum atomic E-state index is -0.746. The Kier molecular flexibility index (Phi) is 3.57. The molecular formula is C17H19NO2S. The monoisotopic (exact) mass is 301 g/mol. The van der Waals surface area contributed by atoms with E-state index in [9.17, 15) is 9.90 Å². The summed E-state index contributed by atoms with van der Waals surface area (Å²) in [7, 11) is 0. The number of aliphatic carboxylic acids is 1. The van der Waals surface area contributed by atoms with Crippen molar-refractivity contribution in [2.75, 3.05) is 0 Å². The summed E-state index contributed by atoms with van der Waals surface area (Å²) < 4.78 is 0. The first-order valence-corrected chi connectivity index (χ1v) is 8.09. The quantitative estimate of drug-likeness (QED) is 0.902. The highest BCUT2D eigenvalue weighted by Gasteiger charge is 2.30. The largest absolute Gasteiger partial charge is 0.481 e.